The van der Waals surface area contributed by atoms with Gasteiger partial charge >= 0.3 is 0 Å². The molecule has 16 heavy (non-hydrogen) atoms. The summed E-state index contributed by atoms with van der Waals surface area (Å²) in [6.45, 7) is 6.59. The second-order valence-corrected chi connectivity index (χ2v) is 6.44. The Morgan fingerprint density at radius 1 is 1.25 bits per heavy atom. The fourth-order valence-corrected chi connectivity index (χ4v) is 2.23. The molecule has 0 unspecified atom stereocenters. The Labute approximate surface area is 114 Å². The second-order valence-electron chi connectivity index (χ2n) is 4.90. The molecule has 0 atom stereocenters. The molecule has 0 spiro atoms. The SMILES string of the molecule is CC(C)(C)c1ccc2ncc(I)c(Cl)c2c1. The summed E-state index contributed by atoms with van der Waals surface area (Å²) in [6, 6.07) is 6.31. The number of fused-ring (bicyclic) bond motifs is 1. The Morgan fingerprint density at radius 3 is 2.56 bits per heavy atom. The summed E-state index contributed by atoms with van der Waals surface area (Å²) in [5.74, 6) is 0. The van der Waals surface area contributed by atoms with E-state index in [-0.39, 0.29) is 5.41 Å². The Morgan fingerprint density at radius 2 is 1.94 bits per heavy atom. The third-order valence-electron chi connectivity index (χ3n) is 2.63. The first kappa shape index (κ1) is 12.1. The third-order valence-corrected chi connectivity index (χ3v) is 4.17. The first-order chi connectivity index (χ1) is 7.39. The maximum Gasteiger partial charge on any atom is 0.0717 e. The molecule has 0 aliphatic heterocycles. The Balaban J connectivity index is 2.74. The van der Waals surface area contributed by atoms with Crippen molar-refractivity contribution in [3.05, 3.63) is 38.6 Å². The maximum atomic E-state index is 6.30. The van der Waals surface area contributed by atoms with Gasteiger partial charge in [-0.25, -0.2) is 0 Å². The second kappa shape index (κ2) is 4.15. The van der Waals surface area contributed by atoms with Gasteiger partial charge in [0.2, 0.25) is 0 Å². The molecular formula is C13H13ClIN. The molecular weight excluding hydrogens is 333 g/mol. The number of nitrogens with zero attached hydrogens (tertiary/aromatic N) is 1. The minimum Gasteiger partial charge on any atom is -0.255 e. The number of halogens is 2. The molecule has 1 aromatic carbocycles. The van der Waals surface area contributed by atoms with Gasteiger partial charge in [-0.05, 0) is 45.7 Å². The average Bonchev–Trinajstić information content (AvgIpc) is 2.22. The summed E-state index contributed by atoms with van der Waals surface area (Å²) < 4.78 is 0.998. The number of aromatic nitrogens is 1. The third kappa shape index (κ3) is 2.18. The van der Waals surface area contributed by atoms with Gasteiger partial charge in [0.25, 0.3) is 0 Å². The van der Waals surface area contributed by atoms with Crippen LogP contribution in [0.25, 0.3) is 10.9 Å². The van der Waals surface area contributed by atoms with Crippen LogP contribution in [0.4, 0.5) is 0 Å². The van der Waals surface area contributed by atoms with Crippen molar-refractivity contribution in [2.75, 3.05) is 0 Å². The molecule has 0 amide bonds. The predicted molar refractivity (Wildman–Crippen MR) is 78.2 cm³/mol. The van der Waals surface area contributed by atoms with Crippen molar-refractivity contribution in [1.82, 2.24) is 4.98 Å². The highest BCUT2D eigenvalue weighted by Crippen LogP contribution is 2.31. The van der Waals surface area contributed by atoms with E-state index in [0.717, 1.165) is 19.5 Å². The van der Waals surface area contributed by atoms with Crippen LogP contribution in [0.1, 0.15) is 26.3 Å². The molecule has 0 radical (unpaired) electrons. The van der Waals surface area contributed by atoms with Crippen molar-refractivity contribution in [3.8, 4) is 0 Å². The van der Waals surface area contributed by atoms with E-state index in [2.05, 4.69) is 60.5 Å². The summed E-state index contributed by atoms with van der Waals surface area (Å²) in [5.41, 5.74) is 2.38. The van der Waals surface area contributed by atoms with E-state index in [1.165, 1.54) is 5.56 Å². The molecule has 0 fully saturated rings. The van der Waals surface area contributed by atoms with Crippen LogP contribution in [0.5, 0.6) is 0 Å². The van der Waals surface area contributed by atoms with E-state index >= 15 is 0 Å². The highest BCUT2D eigenvalue weighted by Gasteiger charge is 2.15. The van der Waals surface area contributed by atoms with Gasteiger partial charge in [0.05, 0.1) is 14.1 Å². The van der Waals surface area contributed by atoms with E-state index in [0.29, 0.717) is 0 Å². The molecule has 84 valence electrons. The lowest BCUT2D eigenvalue weighted by Gasteiger charge is -2.19. The topological polar surface area (TPSA) is 12.9 Å². The van der Waals surface area contributed by atoms with Gasteiger partial charge < -0.3 is 0 Å². The quantitative estimate of drug-likeness (QED) is 0.626. The summed E-state index contributed by atoms with van der Waals surface area (Å²) >= 11 is 8.51. The molecule has 2 rings (SSSR count). The van der Waals surface area contributed by atoms with Crippen molar-refractivity contribution >= 4 is 45.1 Å². The van der Waals surface area contributed by atoms with Crippen molar-refractivity contribution in [2.45, 2.75) is 26.2 Å². The first-order valence-electron chi connectivity index (χ1n) is 5.14. The van der Waals surface area contributed by atoms with E-state index in [4.69, 9.17) is 11.6 Å². The highest BCUT2D eigenvalue weighted by atomic mass is 127. The Bertz CT molecular complexity index is 543. The molecule has 1 nitrogen and oxygen atoms in total. The largest absolute Gasteiger partial charge is 0.255 e. The van der Waals surface area contributed by atoms with Gasteiger partial charge in [-0.1, -0.05) is 38.4 Å². The molecule has 0 aliphatic carbocycles. The molecule has 0 saturated heterocycles. The minimum atomic E-state index is 0.138. The first-order valence-corrected chi connectivity index (χ1v) is 6.59. The van der Waals surface area contributed by atoms with Crippen LogP contribution >= 0.6 is 34.2 Å². The standard InChI is InChI=1S/C13H13ClIN/c1-13(2,3)8-4-5-11-9(6-8)12(14)10(15)7-16-11/h4-7H,1-3H3. The summed E-state index contributed by atoms with van der Waals surface area (Å²) in [7, 11) is 0. The summed E-state index contributed by atoms with van der Waals surface area (Å²) in [5, 5.41) is 1.85. The number of benzene rings is 1. The zero-order valence-electron chi connectivity index (χ0n) is 9.51. The van der Waals surface area contributed by atoms with Gasteiger partial charge in [0.15, 0.2) is 0 Å². The van der Waals surface area contributed by atoms with Crippen molar-refractivity contribution < 1.29 is 0 Å². The monoisotopic (exact) mass is 345 g/mol. The molecule has 1 heterocycles. The summed E-state index contributed by atoms with van der Waals surface area (Å²) in [6.07, 6.45) is 1.81. The smallest absolute Gasteiger partial charge is 0.0717 e. The fourth-order valence-electron chi connectivity index (χ4n) is 1.60. The van der Waals surface area contributed by atoms with Crippen LogP contribution < -0.4 is 0 Å². The minimum absolute atomic E-state index is 0.138. The average molecular weight is 346 g/mol. The number of hydrogen-bond acceptors (Lipinski definition) is 1. The number of pyridine rings is 1. The van der Waals surface area contributed by atoms with Crippen molar-refractivity contribution in [1.29, 1.82) is 0 Å². The van der Waals surface area contributed by atoms with Crippen LogP contribution in [0.2, 0.25) is 5.02 Å². The van der Waals surface area contributed by atoms with E-state index in [9.17, 15) is 0 Å². The molecule has 0 aliphatic rings. The van der Waals surface area contributed by atoms with Crippen LogP contribution in [0, 0.1) is 3.57 Å². The Hall–Kier alpha value is -0.350. The van der Waals surface area contributed by atoms with Gasteiger partial charge in [-0.2, -0.15) is 0 Å². The van der Waals surface area contributed by atoms with Crippen LogP contribution in [0.3, 0.4) is 0 Å². The number of rotatable bonds is 0. The molecule has 0 N–H and O–H groups in total. The van der Waals surface area contributed by atoms with E-state index < -0.39 is 0 Å². The van der Waals surface area contributed by atoms with Crippen molar-refractivity contribution in [3.63, 3.8) is 0 Å². The van der Waals surface area contributed by atoms with E-state index in [1.807, 2.05) is 12.3 Å². The van der Waals surface area contributed by atoms with E-state index in [1.54, 1.807) is 0 Å². The lowest BCUT2D eigenvalue weighted by molar-refractivity contribution is 0.591. The van der Waals surface area contributed by atoms with Crippen LogP contribution in [-0.4, -0.2) is 4.98 Å². The lowest BCUT2D eigenvalue weighted by Crippen LogP contribution is -2.10. The van der Waals surface area contributed by atoms with Crippen molar-refractivity contribution in [2.24, 2.45) is 0 Å². The normalized spacial score (nSPS) is 12.1. The molecule has 2 aromatic rings. The zero-order valence-corrected chi connectivity index (χ0v) is 12.4. The zero-order chi connectivity index (χ0) is 11.9. The fraction of sp³-hybridized carbons (Fsp3) is 0.308. The lowest BCUT2D eigenvalue weighted by atomic mass is 9.86. The van der Waals surface area contributed by atoms with Crippen LogP contribution in [0.15, 0.2) is 24.4 Å². The predicted octanol–water partition coefficient (Wildman–Crippen LogP) is 4.79. The molecule has 1 aromatic heterocycles. The molecule has 3 heteroatoms. The maximum absolute atomic E-state index is 6.30. The van der Waals surface area contributed by atoms with Gasteiger partial charge in [0, 0.05) is 11.6 Å². The van der Waals surface area contributed by atoms with Gasteiger partial charge in [-0.15, -0.1) is 0 Å². The molecule has 0 saturated carbocycles. The highest BCUT2D eigenvalue weighted by molar-refractivity contribution is 14.1. The van der Waals surface area contributed by atoms with Gasteiger partial charge in [-0.3, -0.25) is 4.98 Å². The number of hydrogen-bond donors (Lipinski definition) is 0. The summed E-state index contributed by atoms with van der Waals surface area (Å²) in [4.78, 5) is 4.37. The Kier molecular flexibility index (Phi) is 3.14. The van der Waals surface area contributed by atoms with Gasteiger partial charge in [0.1, 0.15) is 0 Å². The van der Waals surface area contributed by atoms with Crippen LogP contribution in [-0.2, 0) is 5.41 Å². The molecule has 0 bridgehead atoms.